The monoisotopic (exact) mass is 655 g/mol. The van der Waals surface area contributed by atoms with Crippen LogP contribution in [0.1, 0.15) is 96.3 Å². The molecule has 0 spiro atoms. The maximum atomic E-state index is 10.6. The maximum absolute atomic E-state index is 10.6. The zero-order chi connectivity index (χ0) is 27.8. The molecule has 222 valence electrons. The molecule has 0 amide bonds. The van der Waals surface area contributed by atoms with E-state index in [1.807, 2.05) is 0 Å². The van der Waals surface area contributed by atoms with E-state index in [1.165, 1.54) is 42.3 Å². The van der Waals surface area contributed by atoms with Crippen LogP contribution in [0.4, 0.5) is 26.3 Å². The Morgan fingerprint density at radius 2 is 0.811 bits per heavy atom. The molecule has 0 aromatic heterocycles. The summed E-state index contributed by atoms with van der Waals surface area (Å²) in [5.41, 5.74) is 3.57. The van der Waals surface area contributed by atoms with E-state index in [1.54, 1.807) is 77.0 Å². The fourth-order valence-electron chi connectivity index (χ4n) is 5.03. The maximum Gasteiger partial charge on any atom is 0.490 e. The molecule has 12 heteroatoms. The fraction of sp³-hybridized carbons (Fsp3) is 0.800. The second kappa shape index (κ2) is 20.2. The Kier molecular flexibility index (Phi) is 20.9. The molecule has 3 aliphatic rings. The standard InChI is InChI=1S/C18H33P.C3H5.2C2HF3O2.Pd/c1-4-10-16(11-5-1)19(17-12-6-2-7-13-17)18-14-8-3-9-15-18;1-3-2;2*3-2(4,5)1(6)7;/h16-18H,1-15H2;3H,1-2H2;2*(H,6,7);/q;-1;;;. The molecule has 37 heavy (non-hydrogen) atoms. The summed E-state index contributed by atoms with van der Waals surface area (Å²) in [6.07, 6.45) is 15.0. The molecule has 0 atom stereocenters. The van der Waals surface area contributed by atoms with Gasteiger partial charge in [0.2, 0.25) is 0 Å². The molecule has 0 unspecified atom stereocenters. The van der Waals surface area contributed by atoms with Gasteiger partial charge in [-0.3, -0.25) is 0 Å². The van der Waals surface area contributed by atoms with Gasteiger partial charge in [0.1, 0.15) is 0 Å². The van der Waals surface area contributed by atoms with Crippen molar-refractivity contribution in [2.24, 2.45) is 0 Å². The van der Waals surface area contributed by atoms with E-state index in [0.29, 0.717) is 7.92 Å². The summed E-state index contributed by atoms with van der Waals surface area (Å²) in [5.74, 6) is -5.51. The van der Waals surface area contributed by atoms with Crippen LogP contribution in [-0.4, -0.2) is 51.5 Å². The summed E-state index contributed by atoms with van der Waals surface area (Å²) < 4.78 is 63.5. The van der Waals surface area contributed by atoms with Gasteiger partial charge in [0.05, 0.1) is 0 Å². The molecule has 0 aliphatic heterocycles. The van der Waals surface area contributed by atoms with Crippen molar-refractivity contribution >= 4 is 19.9 Å². The number of alkyl halides is 6. The van der Waals surface area contributed by atoms with Crippen molar-refractivity contribution in [3.8, 4) is 0 Å². The Balaban J connectivity index is 0. The van der Waals surface area contributed by atoms with Gasteiger partial charge in [0.25, 0.3) is 0 Å². The van der Waals surface area contributed by atoms with Crippen molar-refractivity contribution < 1.29 is 66.6 Å². The van der Waals surface area contributed by atoms with Crippen molar-refractivity contribution in [2.45, 2.75) is 126 Å². The zero-order valence-electron chi connectivity index (χ0n) is 21.1. The van der Waals surface area contributed by atoms with Crippen molar-refractivity contribution in [3.63, 3.8) is 0 Å². The van der Waals surface area contributed by atoms with Crippen LogP contribution in [0, 0.1) is 6.92 Å². The molecular weight excluding hydrogens is 616 g/mol. The summed E-state index contributed by atoms with van der Waals surface area (Å²) in [5, 5.41) is 14.2. The van der Waals surface area contributed by atoms with Crippen LogP contribution in [0.2, 0.25) is 0 Å². The summed E-state index contributed by atoms with van der Waals surface area (Å²) in [7, 11) is 0.385. The Morgan fingerprint density at radius 1 is 0.649 bits per heavy atom. The zero-order valence-corrected chi connectivity index (χ0v) is 23.5. The third-order valence-corrected chi connectivity index (χ3v) is 10.6. The van der Waals surface area contributed by atoms with Crippen LogP contribution in [0.15, 0.2) is 12.7 Å². The summed E-state index contributed by atoms with van der Waals surface area (Å²) in [6.45, 7) is 6.50. The molecule has 3 saturated carbocycles. The summed E-state index contributed by atoms with van der Waals surface area (Å²) in [4.78, 5) is 17.8. The van der Waals surface area contributed by atoms with Gasteiger partial charge in [-0.1, -0.05) is 65.7 Å². The number of allylic oxidation sites excluding steroid dienone is 1. The average Bonchev–Trinajstić information content (AvgIpc) is 2.81. The number of halogens is 6. The number of aliphatic carboxylic acids is 2. The van der Waals surface area contributed by atoms with E-state index in [-0.39, 0.29) is 20.4 Å². The minimum Gasteiger partial charge on any atom is -0.475 e. The van der Waals surface area contributed by atoms with Gasteiger partial charge in [-0.15, -0.1) is 0 Å². The van der Waals surface area contributed by atoms with Crippen molar-refractivity contribution in [2.75, 3.05) is 0 Å². The minimum atomic E-state index is -5.08. The molecule has 0 heterocycles. The average molecular weight is 656 g/mol. The van der Waals surface area contributed by atoms with Crippen LogP contribution in [0.3, 0.4) is 0 Å². The largest absolute Gasteiger partial charge is 0.490 e. The van der Waals surface area contributed by atoms with E-state index in [2.05, 4.69) is 13.5 Å². The second-order valence-corrected chi connectivity index (χ2v) is 12.3. The molecule has 2 N–H and O–H groups in total. The molecule has 0 radical (unpaired) electrons. The molecule has 3 aliphatic carbocycles. The Bertz CT molecular complexity index is 561. The Morgan fingerprint density at radius 3 is 0.946 bits per heavy atom. The molecular formula is C25H40F6O4PPd-. The number of carbonyl (C=O) groups is 2. The SMILES string of the molecule is C1CCC(P(C2CCCCC2)C2CCCCC2)CC1.C=C[CH2-].O=C(O)C(F)(F)F.O=C(O)C(F)(F)F.[Pd]. The molecule has 4 nitrogen and oxygen atoms in total. The Labute approximate surface area is 231 Å². The predicted molar refractivity (Wildman–Crippen MR) is 130 cm³/mol. The first kappa shape index (κ1) is 38.4. The first-order valence-electron chi connectivity index (χ1n) is 12.5. The molecule has 0 bridgehead atoms. The summed E-state index contributed by atoms with van der Waals surface area (Å²) in [6, 6.07) is 0. The quantitative estimate of drug-likeness (QED) is 0.138. The van der Waals surface area contributed by atoms with Crippen LogP contribution >= 0.6 is 7.92 Å². The van der Waals surface area contributed by atoms with Crippen LogP contribution in [-0.2, 0) is 30.0 Å². The van der Waals surface area contributed by atoms with E-state index in [9.17, 15) is 26.3 Å². The Hall–Kier alpha value is -0.778. The number of hydrogen-bond acceptors (Lipinski definition) is 2. The van der Waals surface area contributed by atoms with Crippen LogP contribution < -0.4 is 0 Å². The summed E-state index contributed by atoms with van der Waals surface area (Å²) >= 11 is 0. The molecule has 0 aromatic carbocycles. The molecule has 3 fully saturated rings. The van der Waals surface area contributed by atoms with E-state index >= 15 is 0 Å². The van der Waals surface area contributed by atoms with Crippen molar-refractivity contribution in [1.82, 2.24) is 0 Å². The smallest absolute Gasteiger partial charge is 0.475 e. The molecule has 0 saturated heterocycles. The van der Waals surface area contributed by atoms with Gasteiger partial charge in [0.15, 0.2) is 0 Å². The number of carboxylic acid groups (broad SMARTS) is 2. The third kappa shape index (κ3) is 17.4. The van der Waals surface area contributed by atoms with Crippen LogP contribution in [0.5, 0.6) is 0 Å². The van der Waals surface area contributed by atoms with Crippen molar-refractivity contribution in [1.29, 1.82) is 0 Å². The van der Waals surface area contributed by atoms with Gasteiger partial charge in [-0.05, 0) is 55.5 Å². The molecule has 3 rings (SSSR count). The van der Waals surface area contributed by atoms with Gasteiger partial charge >= 0.3 is 24.3 Å². The fourth-order valence-corrected chi connectivity index (χ4v) is 9.71. The van der Waals surface area contributed by atoms with Gasteiger partial charge in [-0.25, -0.2) is 29.2 Å². The minimum absolute atomic E-state index is 0. The second-order valence-electron chi connectivity index (χ2n) is 9.22. The number of carboxylic acids is 2. The van der Waals surface area contributed by atoms with E-state index in [0.717, 1.165) is 0 Å². The van der Waals surface area contributed by atoms with Crippen LogP contribution in [0.25, 0.3) is 0 Å². The molecule has 0 aromatic rings. The van der Waals surface area contributed by atoms with Gasteiger partial charge in [0, 0.05) is 20.4 Å². The predicted octanol–water partition coefficient (Wildman–Crippen LogP) is 8.74. The van der Waals surface area contributed by atoms with Gasteiger partial charge < -0.3 is 10.2 Å². The third-order valence-electron chi connectivity index (χ3n) is 6.47. The number of rotatable bonds is 3. The van der Waals surface area contributed by atoms with Crippen molar-refractivity contribution in [3.05, 3.63) is 19.6 Å². The van der Waals surface area contributed by atoms with E-state index in [4.69, 9.17) is 19.8 Å². The normalized spacial score (nSPS) is 19.4. The first-order valence-corrected chi connectivity index (χ1v) is 14.1. The topological polar surface area (TPSA) is 74.6 Å². The van der Waals surface area contributed by atoms with E-state index < -0.39 is 24.3 Å². The van der Waals surface area contributed by atoms with Gasteiger partial charge in [-0.2, -0.15) is 26.3 Å². The number of hydrogen-bond donors (Lipinski definition) is 2. The first-order chi connectivity index (χ1) is 16.8.